The highest BCUT2D eigenvalue weighted by atomic mass is 32.2. The lowest BCUT2D eigenvalue weighted by Crippen LogP contribution is -2.04. The SMILES string of the molecule is Cc1c[s+](C(C)O)c(-c2ccc(C(F)(F)F)cc2)n1. The number of aliphatic hydroxyl groups excluding tert-OH is 1. The molecule has 1 heterocycles. The first-order valence-corrected chi connectivity index (χ1v) is 6.99. The summed E-state index contributed by atoms with van der Waals surface area (Å²) in [6, 6.07) is 4.87. The predicted molar refractivity (Wildman–Crippen MR) is 68.8 cm³/mol. The van der Waals surface area contributed by atoms with Gasteiger partial charge in [-0.25, -0.2) is 0 Å². The Morgan fingerprint density at radius 2 is 1.79 bits per heavy atom. The number of alkyl halides is 3. The molecule has 2 rings (SSSR count). The number of thiazole rings is 1. The van der Waals surface area contributed by atoms with Crippen LogP contribution in [0.4, 0.5) is 13.2 Å². The number of halogens is 3. The van der Waals surface area contributed by atoms with Crippen LogP contribution in [0, 0.1) is 6.92 Å². The molecule has 19 heavy (non-hydrogen) atoms. The maximum absolute atomic E-state index is 12.5. The Balaban J connectivity index is 2.43. The van der Waals surface area contributed by atoms with Gasteiger partial charge in [-0.15, -0.1) is 0 Å². The number of nitrogens with zero attached hydrogens (tertiary/aromatic N) is 1. The fourth-order valence-corrected chi connectivity index (χ4v) is 3.45. The molecule has 0 radical (unpaired) electrons. The van der Waals surface area contributed by atoms with Crippen molar-refractivity contribution >= 4 is 10.5 Å². The minimum Gasteiger partial charge on any atom is -0.346 e. The zero-order valence-corrected chi connectivity index (χ0v) is 11.2. The molecular weight excluding hydrogens is 275 g/mol. The summed E-state index contributed by atoms with van der Waals surface area (Å²) in [6.45, 7) is 3.46. The van der Waals surface area contributed by atoms with E-state index in [1.54, 1.807) is 13.8 Å². The van der Waals surface area contributed by atoms with Gasteiger partial charge in [-0.3, -0.25) is 0 Å². The van der Waals surface area contributed by atoms with Crippen LogP contribution in [0.15, 0.2) is 29.6 Å². The molecule has 0 saturated carbocycles. The summed E-state index contributed by atoms with van der Waals surface area (Å²) in [5.74, 6) is 0. The molecule has 0 amide bonds. The second-order valence-electron chi connectivity index (χ2n) is 4.22. The molecule has 0 aliphatic carbocycles. The lowest BCUT2D eigenvalue weighted by Gasteiger charge is -2.06. The number of hydrogen-bond donors (Lipinski definition) is 1. The van der Waals surface area contributed by atoms with Crippen LogP contribution < -0.4 is 0 Å². The van der Waals surface area contributed by atoms with Gasteiger partial charge in [0.05, 0.1) is 16.8 Å². The van der Waals surface area contributed by atoms with Crippen LogP contribution in [0.25, 0.3) is 10.6 Å². The molecule has 1 aromatic carbocycles. The molecule has 6 heteroatoms. The third-order valence-corrected chi connectivity index (χ3v) is 4.73. The lowest BCUT2D eigenvalue weighted by atomic mass is 10.1. The van der Waals surface area contributed by atoms with E-state index in [4.69, 9.17) is 0 Å². The van der Waals surface area contributed by atoms with Crippen molar-refractivity contribution in [2.75, 3.05) is 0 Å². The molecule has 0 spiro atoms. The van der Waals surface area contributed by atoms with Crippen molar-refractivity contribution in [1.29, 1.82) is 0 Å². The van der Waals surface area contributed by atoms with Gasteiger partial charge in [-0.1, -0.05) is 0 Å². The molecule has 0 bridgehead atoms. The van der Waals surface area contributed by atoms with Gasteiger partial charge in [0, 0.05) is 17.4 Å². The van der Waals surface area contributed by atoms with E-state index >= 15 is 0 Å². The highest BCUT2D eigenvalue weighted by molar-refractivity contribution is 7.33. The summed E-state index contributed by atoms with van der Waals surface area (Å²) in [7, 11) is -0.563. The Morgan fingerprint density at radius 1 is 1.21 bits per heavy atom. The third kappa shape index (κ3) is 2.96. The average molecular weight is 288 g/mol. The number of aryl methyl sites for hydroxylation is 1. The highest BCUT2D eigenvalue weighted by Gasteiger charge is 2.31. The summed E-state index contributed by atoms with van der Waals surface area (Å²) >= 11 is 0. The van der Waals surface area contributed by atoms with E-state index in [0.29, 0.717) is 10.6 Å². The van der Waals surface area contributed by atoms with E-state index in [9.17, 15) is 18.3 Å². The predicted octanol–water partition coefficient (Wildman–Crippen LogP) is 4.34. The molecule has 2 atom stereocenters. The minimum absolute atomic E-state index is 0.563. The van der Waals surface area contributed by atoms with Crippen molar-refractivity contribution in [3.05, 3.63) is 40.9 Å². The van der Waals surface area contributed by atoms with Crippen LogP contribution in [0.1, 0.15) is 23.6 Å². The number of benzene rings is 1. The monoisotopic (exact) mass is 288 g/mol. The molecule has 1 aromatic heterocycles. The third-order valence-electron chi connectivity index (χ3n) is 2.63. The van der Waals surface area contributed by atoms with Crippen molar-refractivity contribution in [1.82, 2.24) is 4.98 Å². The smallest absolute Gasteiger partial charge is 0.346 e. The van der Waals surface area contributed by atoms with Crippen molar-refractivity contribution in [3.63, 3.8) is 0 Å². The molecule has 1 N–H and O–H groups in total. The molecule has 2 aromatic rings. The van der Waals surface area contributed by atoms with Crippen LogP contribution in [-0.4, -0.2) is 10.1 Å². The Hall–Kier alpha value is -1.40. The zero-order valence-electron chi connectivity index (χ0n) is 10.4. The van der Waals surface area contributed by atoms with E-state index in [1.807, 2.05) is 5.38 Å². The fourth-order valence-electron chi connectivity index (χ4n) is 1.74. The maximum Gasteiger partial charge on any atom is 0.416 e. The number of aromatic nitrogens is 1. The molecular formula is C13H13F3NOS+. The van der Waals surface area contributed by atoms with Gasteiger partial charge < -0.3 is 5.11 Å². The maximum atomic E-state index is 12.5. The van der Waals surface area contributed by atoms with Gasteiger partial charge in [0.2, 0.25) is 5.44 Å². The summed E-state index contributed by atoms with van der Waals surface area (Å²) in [6.07, 6.45) is -4.34. The number of hydrogen-bond acceptors (Lipinski definition) is 2. The van der Waals surface area contributed by atoms with Crippen LogP contribution in [0.2, 0.25) is 0 Å². The minimum atomic E-state index is -4.34. The molecule has 102 valence electrons. The first-order chi connectivity index (χ1) is 8.79. The second-order valence-corrected chi connectivity index (χ2v) is 6.27. The number of rotatable bonds is 2. The van der Waals surface area contributed by atoms with E-state index in [-0.39, 0.29) is 0 Å². The Labute approximate surface area is 111 Å². The van der Waals surface area contributed by atoms with Crippen LogP contribution in [-0.2, 0) is 6.18 Å². The van der Waals surface area contributed by atoms with Crippen LogP contribution >= 0.6 is 10.5 Å². The molecule has 0 aliphatic rings. The standard InChI is InChI=1S/C13H13F3NOS/c1-8-7-19(9(2)18)12(17-8)10-3-5-11(6-4-10)13(14,15)16/h3-7,9,18H,1-2H3/q+1. The first-order valence-electron chi connectivity index (χ1n) is 5.64. The Bertz CT molecular complexity index is 573. The Kier molecular flexibility index (Phi) is 3.64. The summed E-state index contributed by atoms with van der Waals surface area (Å²) in [5.41, 5.74) is 0.111. The quantitative estimate of drug-likeness (QED) is 0.834. The molecule has 0 fully saturated rings. The molecule has 2 nitrogen and oxygen atoms in total. The van der Waals surface area contributed by atoms with Gasteiger partial charge in [-0.05, 0) is 31.2 Å². The van der Waals surface area contributed by atoms with Gasteiger partial charge in [0.25, 0.3) is 5.01 Å². The van der Waals surface area contributed by atoms with E-state index < -0.39 is 27.6 Å². The van der Waals surface area contributed by atoms with Gasteiger partial charge in [-0.2, -0.15) is 18.2 Å². The van der Waals surface area contributed by atoms with Gasteiger partial charge in [0.1, 0.15) is 0 Å². The van der Waals surface area contributed by atoms with Gasteiger partial charge >= 0.3 is 6.18 Å². The summed E-state index contributed by atoms with van der Waals surface area (Å²) in [4.78, 5) is 4.30. The topological polar surface area (TPSA) is 33.1 Å². The first kappa shape index (κ1) is 14.0. The van der Waals surface area contributed by atoms with Crippen LogP contribution in [0.3, 0.4) is 0 Å². The highest BCUT2D eigenvalue weighted by Crippen LogP contribution is 2.40. The van der Waals surface area contributed by atoms with E-state index in [1.165, 1.54) is 12.1 Å². The fraction of sp³-hybridized carbons (Fsp3) is 0.308. The van der Waals surface area contributed by atoms with E-state index in [2.05, 4.69) is 4.98 Å². The normalized spacial score (nSPS) is 14.5. The zero-order chi connectivity index (χ0) is 14.2. The summed E-state index contributed by atoms with van der Waals surface area (Å²) in [5, 5.41) is 12.2. The molecule has 2 unspecified atom stereocenters. The van der Waals surface area contributed by atoms with Crippen molar-refractivity contribution in [3.8, 4) is 10.6 Å². The average Bonchev–Trinajstić information content (AvgIpc) is 2.70. The van der Waals surface area contributed by atoms with Crippen LogP contribution in [0.5, 0.6) is 0 Å². The van der Waals surface area contributed by atoms with E-state index in [0.717, 1.165) is 17.8 Å². The van der Waals surface area contributed by atoms with Crippen molar-refractivity contribution in [2.24, 2.45) is 0 Å². The van der Waals surface area contributed by atoms with Crippen molar-refractivity contribution in [2.45, 2.75) is 25.5 Å². The van der Waals surface area contributed by atoms with Crippen molar-refractivity contribution < 1.29 is 18.3 Å². The molecule has 0 aliphatic heterocycles. The largest absolute Gasteiger partial charge is 0.416 e. The lowest BCUT2D eigenvalue weighted by molar-refractivity contribution is -0.137. The summed E-state index contributed by atoms with van der Waals surface area (Å²) < 4.78 is 37.5. The second kappa shape index (κ2) is 4.94. The Morgan fingerprint density at radius 3 is 2.26 bits per heavy atom. The van der Waals surface area contributed by atoms with Gasteiger partial charge in [0.15, 0.2) is 5.38 Å². The number of aliphatic hydroxyl groups is 1. The molecule has 0 saturated heterocycles.